The number of ether oxygens (including phenoxy) is 1. The zero-order valence-corrected chi connectivity index (χ0v) is 11.0. The molecule has 18 heavy (non-hydrogen) atoms. The molecule has 96 valence electrons. The van der Waals surface area contributed by atoms with Gasteiger partial charge in [-0.3, -0.25) is 0 Å². The van der Waals surface area contributed by atoms with Gasteiger partial charge in [-0.1, -0.05) is 18.2 Å². The maximum Gasteiger partial charge on any atom is 0.356 e. The van der Waals surface area contributed by atoms with Gasteiger partial charge in [-0.05, 0) is 13.0 Å². The van der Waals surface area contributed by atoms with Crippen molar-refractivity contribution in [1.29, 1.82) is 0 Å². The number of H-pyrrole nitrogens is 1. The van der Waals surface area contributed by atoms with Gasteiger partial charge in [0.2, 0.25) is 0 Å². The summed E-state index contributed by atoms with van der Waals surface area (Å²) in [6, 6.07) is 6.61. The highest BCUT2D eigenvalue weighted by atomic mass is 35.7. The van der Waals surface area contributed by atoms with Gasteiger partial charge in [0.1, 0.15) is 10.6 Å². The molecule has 1 N–H and O–H groups in total. The fourth-order valence-corrected chi connectivity index (χ4v) is 3.02. The molecule has 1 aromatic heterocycles. The Morgan fingerprint density at radius 2 is 2.06 bits per heavy atom. The summed E-state index contributed by atoms with van der Waals surface area (Å²) < 4.78 is 28.0. The average Bonchev–Trinajstić information content (AvgIpc) is 2.68. The van der Waals surface area contributed by atoms with E-state index in [0.29, 0.717) is 10.9 Å². The third-order valence-electron chi connectivity index (χ3n) is 2.38. The summed E-state index contributed by atoms with van der Waals surface area (Å²) in [5, 5.41) is 0.371. The number of rotatable bonds is 3. The lowest BCUT2D eigenvalue weighted by atomic mass is 10.2. The van der Waals surface area contributed by atoms with Crippen LogP contribution in [0.5, 0.6) is 0 Å². The number of aromatic amines is 1. The van der Waals surface area contributed by atoms with Crippen molar-refractivity contribution >= 4 is 36.6 Å². The molecule has 0 bridgehead atoms. The predicted octanol–water partition coefficient (Wildman–Crippen LogP) is 2.27. The van der Waals surface area contributed by atoms with Crippen molar-refractivity contribution in [2.75, 3.05) is 6.61 Å². The fraction of sp³-hybridized carbons (Fsp3) is 0.182. The molecule has 1 heterocycles. The molecule has 0 saturated carbocycles. The van der Waals surface area contributed by atoms with Crippen LogP contribution in [0.2, 0.25) is 0 Å². The maximum atomic E-state index is 11.7. The van der Waals surface area contributed by atoms with Crippen LogP contribution in [-0.2, 0) is 13.8 Å². The number of aromatic nitrogens is 1. The molecule has 0 amide bonds. The van der Waals surface area contributed by atoms with E-state index in [9.17, 15) is 13.2 Å². The van der Waals surface area contributed by atoms with E-state index in [1.165, 1.54) is 0 Å². The first-order valence-corrected chi connectivity index (χ1v) is 7.48. The summed E-state index contributed by atoms with van der Waals surface area (Å²) >= 11 is 0. The zero-order valence-electron chi connectivity index (χ0n) is 9.44. The minimum absolute atomic E-state index is 0.145. The molecule has 0 atom stereocenters. The van der Waals surface area contributed by atoms with Crippen LogP contribution in [0.1, 0.15) is 17.4 Å². The topological polar surface area (TPSA) is 76.2 Å². The second-order valence-corrected chi connectivity index (χ2v) is 6.04. The number of hydrogen-bond acceptors (Lipinski definition) is 4. The molecule has 0 unspecified atom stereocenters. The van der Waals surface area contributed by atoms with Crippen molar-refractivity contribution in [2.24, 2.45) is 0 Å². The van der Waals surface area contributed by atoms with E-state index < -0.39 is 15.0 Å². The van der Waals surface area contributed by atoms with Gasteiger partial charge in [0, 0.05) is 21.6 Å². The number of fused-ring (bicyclic) bond motifs is 1. The number of para-hydroxylation sites is 1. The maximum absolute atomic E-state index is 11.7. The molecule has 0 aliphatic rings. The first kappa shape index (κ1) is 12.9. The highest BCUT2D eigenvalue weighted by molar-refractivity contribution is 8.14. The van der Waals surface area contributed by atoms with Crippen LogP contribution in [0.3, 0.4) is 0 Å². The SMILES string of the molecule is CCOC(=O)c1[nH]c2ccccc2c1S(=O)(=O)Cl. The van der Waals surface area contributed by atoms with Crippen LogP contribution >= 0.6 is 10.7 Å². The first-order valence-electron chi connectivity index (χ1n) is 5.17. The Labute approximate surface area is 108 Å². The smallest absolute Gasteiger partial charge is 0.356 e. The minimum Gasteiger partial charge on any atom is -0.461 e. The monoisotopic (exact) mass is 287 g/mol. The van der Waals surface area contributed by atoms with E-state index in [0.717, 1.165) is 0 Å². The van der Waals surface area contributed by atoms with E-state index in [-0.39, 0.29) is 17.2 Å². The van der Waals surface area contributed by atoms with Gasteiger partial charge in [0.25, 0.3) is 9.05 Å². The Hall–Kier alpha value is -1.53. The van der Waals surface area contributed by atoms with Crippen LogP contribution in [0, 0.1) is 0 Å². The second kappa shape index (κ2) is 4.62. The van der Waals surface area contributed by atoms with Gasteiger partial charge >= 0.3 is 5.97 Å². The van der Waals surface area contributed by atoms with Gasteiger partial charge in [-0.2, -0.15) is 0 Å². The summed E-state index contributed by atoms with van der Waals surface area (Å²) in [5.74, 6) is -0.743. The molecule has 0 saturated heterocycles. The fourth-order valence-electron chi connectivity index (χ4n) is 1.72. The lowest BCUT2D eigenvalue weighted by Gasteiger charge is -2.01. The highest BCUT2D eigenvalue weighted by Gasteiger charge is 2.27. The lowest BCUT2D eigenvalue weighted by Crippen LogP contribution is -2.09. The van der Waals surface area contributed by atoms with E-state index in [1.807, 2.05) is 0 Å². The summed E-state index contributed by atoms with van der Waals surface area (Å²) in [6.07, 6.45) is 0. The molecule has 0 aliphatic heterocycles. The number of hydrogen-bond donors (Lipinski definition) is 1. The van der Waals surface area contributed by atoms with Crippen molar-refractivity contribution in [3.8, 4) is 0 Å². The second-order valence-electron chi connectivity index (χ2n) is 3.53. The molecular formula is C11H10ClNO4S. The summed E-state index contributed by atoms with van der Waals surface area (Å²) in [6.45, 7) is 1.78. The summed E-state index contributed by atoms with van der Waals surface area (Å²) in [5.41, 5.74) is 0.368. The van der Waals surface area contributed by atoms with Crippen LogP contribution in [-0.4, -0.2) is 26.0 Å². The van der Waals surface area contributed by atoms with Crippen LogP contribution in [0.4, 0.5) is 0 Å². The van der Waals surface area contributed by atoms with Crippen molar-refractivity contribution in [1.82, 2.24) is 4.98 Å². The van der Waals surface area contributed by atoms with Crippen molar-refractivity contribution in [2.45, 2.75) is 11.8 Å². The standard InChI is InChI=1S/C11H10ClNO4S/c1-2-17-11(14)9-10(18(12,15)16)7-5-3-4-6-8(7)13-9/h3-6,13H,2H2,1H3. The van der Waals surface area contributed by atoms with Gasteiger partial charge in [-0.25, -0.2) is 13.2 Å². The average molecular weight is 288 g/mol. The van der Waals surface area contributed by atoms with E-state index in [4.69, 9.17) is 15.4 Å². The Morgan fingerprint density at radius 3 is 2.67 bits per heavy atom. The largest absolute Gasteiger partial charge is 0.461 e. The Kier molecular flexibility index (Phi) is 3.32. The molecule has 1 aromatic carbocycles. The normalized spacial score (nSPS) is 11.7. The van der Waals surface area contributed by atoms with Crippen LogP contribution in [0.25, 0.3) is 10.9 Å². The van der Waals surface area contributed by atoms with Gasteiger partial charge in [0.15, 0.2) is 0 Å². The molecule has 7 heteroatoms. The van der Waals surface area contributed by atoms with Crippen molar-refractivity contribution < 1.29 is 17.9 Å². The third kappa shape index (κ3) is 2.21. The quantitative estimate of drug-likeness (QED) is 0.694. The Bertz CT molecular complexity index is 705. The molecule has 5 nitrogen and oxygen atoms in total. The number of esters is 1. The zero-order chi connectivity index (χ0) is 13.3. The summed E-state index contributed by atoms with van der Waals surface area (Å²) in [7, 11) is 1.33. The molecular weight excluding hydrogens is 278 g/mol. The number of nitrogens with one attached hydrogen (secondary N) is 1. The molecule has 0 spiro atoms. The highest BCUT2D eigenvalue weighted by Crippen LogP contribution is 2.29. The molecule has 2 aromatic rings. The van der Waals surface area contributed by atoms with E-state index >= 15 is 0 Å². The third-order valence-corrected chi connectivity index (χ3v) is 3.76. The molecule has 0 fully saturated rings. The van der Waals surface area contributed by atoms with Crippen molar-refractivity contribution in [3.63, 3.8) is 0 Å². The van der Waals surface area contributed by atoms with Crippen LogP contribution < -0.4 is 0 Å². The van der Waals surface area contributed by atoms with Gasteiger partial charge in [0.05, 0.1) is 6.61 Å². The number of benzene rings is 1. The van der Waals surface area contributed by atoms with E-state index in [1.54, 1.807) is 31.2 Å². The molecule has 2 rings (SSSR count). The van der Waals surface area contributed by atoms with Gasteiger partial charge < -0.3 is 9.72 Å². The van der Waals surface area contributed by atoms with Crippen molar-refractivity contribution in [3.05, 3.63) is 30.0 Å². The van der Waals surface area contributed by atoms with E-state index in [2.05, 4.69) is 4.98 Å². The summed E-state index contributed by atoms with van der Waals surface area (Å²) in [4.78, 5) is 14.2. The first-order chi connectivity index (χ1) is 8.45. The van der Waals surface area contributed by atoms with Gasteiger partial charge in [-0.15, -0.1) is 0 Å². The number of halogens is 1. The minimum atomic E-state index is -4.04. The van der Waals surface area contributed by atoms with Crippen LogP contribution in [0.15, 0.2) is 29.2 Å². The molecule has 0 aliphatic carbocycles. The Balaban J connectivity index is 2.77. The number of carbonyl (C=O) groups excluding carboxylic acids is 1. The Morgan fingerprint density at radius 1 is 1.39 bits per heavy atom. The predicted molar refractivity (Wildman–Crippen MR) is 67.3 cm³/mol. The molecule has 0 radical (unpaired) electrons. The number of carbonyl (C=O) groups is 1. The lowest BCUT2D eigenvalue weighted by molar-refractivity contribution is 0.0516.